The van der Waals surface area contributed by atoms with Gasteiger partial charge in [0.25, 0.3) is 5.56 Å². The van der Waals surface area contributed by atoms with Gasteiger partial charge in [-0.1, -0.05) is 17.7 Å². The van der Waals surface area contributed by atoms with Gasteiger partial charge in [-0.15, -0.1) is 0 Å². The first kappa shape index (κ1) is 23.2. The average Bonchev–Trinajstić information content (AvgIpc) is 3.36. The fraction of sp³-hybridized carbons (Fsp3) is 0.143. The van der Waals surface area contributed by atoms with Crippen LogP contribution in [-0.4, -0.2) is 36.5 Å². The van der Waals surface area contributed by atoms with Gasteiger partial charge in [0.15, 0.2) is 17.4 Å². The number of fused-ring (bicyclic) bond motifs is 1. The van der Waals surface area contributed by atoms with Gasteiger partial charge in [0.1, 0.15) is 23.0 Å². The van der Waals surface area contributed by atoms with Crippen LogP contribution in [0.4, 0.5) is 16.2 Å². The highest BCUT2D eigenvalue weighted by molar-refractivity contribution is 7.59. The molecule has 2 N–H and O–H groups in total. The Morgan fingerprint density at radius 1 is 1.26 bits per heavy atom. The van der Waals surface area contributed by atoms with Crippen molar-refractivity contribution < 1.29 is 9.18 Å². The maximum atomic E-state index is 14.1. The molecule has 0 unspecified atom stereocenters. The predicted molar refractivity (Wildman–Crippen MR) is 127 cm³/mol. The molecule has 0 radical (unpaired) electrons. The summed E-state index contributed by atoms with van der Waals surface area (Å²) >= 11 is 6.21. The third-order valence-electron chi connectivity index (χ3n) is 5.35. The Morgan fingerprint density at radius 3 is 2.79 bits per heavy atom. The monoisotopic (exact) mass is 498 g/mol. The zero-order valence-electron chi connectivity index (χ0n) is 17.3. The average molecular weight is 499 g/mol. The van der Waals surface area contributed by atoms with E-state index in [0.717, 1.165) is 0 Å². The number of anilines is 2. The maximum Gasteiger partial charge on any atom is 0.284 e. The van der Waals surface area contributed by atoms with Crippen molar-refractivity contribution in [2.75, 3.05) is 17.2 Å². The van der Waals surface area contributed by atoms with E-state index < -0.39 is 17.4 Å². The molecule has 0 spiro atoms. The van der Waals surface area contributed by atoms with Crippen molar-refractivity contribution in [3.8, 4) is 11.8 Å². The first-order valence-electron chi connectivity index (χ1n) is 9.74. The lowest BCUT2D eigenvalue weighted by Crippen LogP contribution is -2.33. The van der Waals surface area contributed by atoms with E-state index in [0.29, 0.717) is 0 Å². The second kappa shape index (κ2) is 8.77. The van der Waals surface area contributed by atoms with Crippen LogP contribution in [0.2, 0.25) is 5.02 Å². The van der Waals surface area contributed by atoms with Crippen molar-refractivity contribution in [2.24, 2.45) is 0 Å². The minimum absolute atomic E-state index is 0. The van der Waals surface area contributed by atoms with Crippen LogP contribution in [0.3, 0.4) is 0 Å². The number of nitrogen functional groups attached to an aromatic ring is 1. The highest BCUT2D eigenvalue weighted by Crippen LogP contribution is 2.35. The normalized spacial score (nSPS) is 15.4. The number of aromatic nitrogens is 5. The molecule has 34 heavy (non-hydrogen) atoms. The minimum Gasteiger partial charge on any atom is -0.368 e. The van der Waals surface area contributed by atoms with Crippen molar-refractivity contribution in [1.29, 1.82) is 5.26 Å². The molecule has 1 fully saturated rings. The molecule has 0 saturated carbocycles. The summed E-state index contributed by atoms with van der Waals surface area (Å²) in [5.41, 5.74) is 5.61. The zero-order chi connectivity index (χ0) is 23.3. The molecule has 10 nitrogen and oxygen atoms in total. The predicted octanol–water partition coefficient (Wildman–Crippen LogP) is 2.15. The summed E-state index contributed by atoms with van der Waals surface area (Å²) in [5.74, 6) is -0.498. The van der Waals surface area contributed by atoms with Gasteiger partial charge in [-0.05, 0) is 24.3 Å². The van der Waals surface area contributed by atoms with E-state index in [9.17, 15) is 19.2 Å². The smallest absolute Gasteiger partial charge is 0.284 e. The largest absolute Gasteiger partial charge is 0.368 e. The van der Waals surface area contributed by atoms with Gasteiger partial charge >= 0.3 is 0 Å². The molecular weight excluding hydrogens is 483 g/mol. The Kier molecular flexibility index (Phi) is 5.99. The molecule has 13 heteroatoms. The quantitative estimate of drug-likeness (QED) is 0.454. The number of halogens is 2. The molecule has 1 atom stereocenters. The van der Waals surface area contributed by atoms with Crippen LogP contribution in [-0.2, 0) is 4.79 Å². The molecule has 0 amide bonds. The lowest BCUT2D eigenvalue weighted by atomic mass is 10.1. The van der Waals surface area contributed by atoms with Gasteiger partial charge in [-0.3, -0.25) is 14.2 Å². The Labute approximate surface area is 203 Å². The fourth-order valence-electron chi connectivity index (χ4n) is 3.96. The van der Waals surface area contributed by atoms with Gasteiger partial charge < -0.3 is 10.6 Å². The van der Waals surface area contributed by atoms with E-state index in [1.54, 1.807) is 11.0 Å². The van der Waals surface area contributed by atoms with Crippen LogP contribution in [0.15, 0.2) is 47.5 Å². The van der Waals surface area contributed by atoms with Crippen LogP contribution < -0.4 is 16.2 Å². The van der Waals surface area contributed by atoms with Crippen LogP contribution in [0.1, 0.15) is 23.9 Å². The highest BCUT2D eigenvalue weighted by atomic mass is 35.5. The first-order valence-corrected chi connectivity index (χ1v) is 10.1. The number of nitriles is 1. The summed E-state index contributed by atoms with van der Waals surface area (Å²) in [7, 11) is 0. The summed E-state index contributed by atoms with van der Waals surface area (Å²) in [6.07, 6.45) is 2.76. The summed E-state index contributed by atoms with van der Waals surface area (Å²) in [6, 6.07) is 8.16. The van der Waals surface area contributed by atoms with E-state index in [4.69, 9.17) is 17.3 Å². The lowest BCUT2D eigenvalue weighted by molar-refractivity contribution is -0.116. The standard InChI is InChI=1S/C21H14ClFN8O2.H2S/c22-15-4-5-30-17(15)20(33)31(13-3-1-2-12(23)6-13)19(28-30)16-7-14(32)10-29(16)18-11(8-24)9-26-21(25)27-18;/h1-6,9,16H,7,10H2,(H2,25,26,27);1H2/t16-;/m0./s1. The Balaban J connectivity index is 0.00000274. The van der Waals surface area contributed by atoms with Crippen molar-refractivity contribution in [3.05, 3.63) is 75.3 Å². The summed E-state index contributed by atoms with van der Waals surface area (Å²) < 4.78 is 16.6. The molecule has 172 valence electrons. The molecule has 1 aromatic carbocycles. The van der Waals surface area contributed by atoms with Crippen LogP contribution in [0.25, 0.3) is 11.2 Å². The SMILES string of the molecule is N#Cc1cnc(N)nc1N1CC(=O)C[C@H]1c1nn2ccc(Cl)c2c(=O)n1-c1cccc(F)c1.S. The molecule has 5 rings (SSSR count). The minimum atomic E-state index is -0.791. The maximum absolute atomic E-state index is 14.1. The fourth-order valence-corrected chi connectivity index (χ4v) is 4.18. The third kappa shape index (κ3) is 3.74. The molecule has 0 aliphatic carbocycles. The number of nitrogens with zero attached hydrogens (tertiary/aromatic N) is 7. The molecule has 4 aromatic rings. The van der Waals surface area contributed by atoms with Crippen LogP contribution in [0, 0.1) is 17.1 Å². The van der Waals surface area contributed by atoms with Crippen molar-refractivity contribution in [1.82, 2.24) is 24.1 Å². The van der Waals surface area contributed by atoms with E-state index in [1.807, 2.05) is 6.07 Å². The first-order chi connectivity index (χ1) is 15.9. The van der Waals surface area contributed by atoms with Crippen LogP contribution in [0.5, 0.6) is 0 Å². The number of rotatable bonds is 3. The Morgan fingerprint density at radius 2 is 2.06 bits per heavy atom. The topological polar surface area (TPSA) is 135 Å². The molecule has 0 bridgehead atoms. The van der Waals surface area contributed by atoms with Gasteiger partial charge in [0.2, 0.25) is 5.95 Å². The number of hydrogen-bond donors (Lipinski definition) is 1. The van der Waals surface area contributed by atoms with E-state index in [2.05, 4.69) is 15.1 Å². The Bertz CT molecular complexity index is 1550. The van der Waals surface area contributed by atoms with E-state index >= 15 is 0 Å². The van der Waals surface area contributed by atoms with Crippen molar-refractivity contribution >= 4 is 48.2 Å². The molecule has 3 aromatic heterocycles. The van der Waals surface area contributed by atoms with Gasteiger partial charge in [0.05, 0.1) is 29.5 Å². The third-order valence-corrected chi connectivity index (χ3v) is 5.66. The number of ketones is 1. The molecule has 4 heterocycles. The molecular formula is C21H16ClFN8O2S. The summed E-state index contributed by atoms with van der Waals surface area (Å²) in [4.78, 5) is 35.6. The van der Waals surface area contributed by atoms with Gasteiger partial charge in [0, 0.05) is 12.6 Å². The number of Topliss-reactive ketones (excluding diaryl/α,β-unsaturated/α-hetero) is 1. The highest BCUT2D eigenvalue weighted by Gasteiger charge is 2.38. The number of benzene rings is 1. The van der Waals surface area contributed by atoms with E-state index in [-0.39, 0.29) is 71.6 Å². The number of carbonyl (C=O) groups is 1. The summed E-state index contributed by atoms with van der Waals surface area (Å²) in [6.45, 7) is -0.0840. The van der Waals surface area contributed by atoms with Crippen LogP contribution >= 0.6 is 25.1 Å². The molecule has 1 aliphatic rings. The lowest BCUT2D eigenvalue weighted by Gasteiger charge is -2.27. The summed E-state index contributed by atoms with van der Waals surface area (Å²) in [5, 5.41) is 14.3. The second-order valence-corrected chi connectivity index (χ2v) is 7.81. The van der Waals surface area contributed by atoms with Gasteiger partial charge in [-0.25, -0.2) is 13.9 Å². The van der Waals surface area contributed by atoms with E-state index in [1.165, 1.54) is 45.7 Å². The number of nitrogens with two attached hydrogens (primary N) is 1. The van der Waals surface area contributed by atoms with Gasteiger partial charge in [-0.2, -0.15) is 28.8 Å². The molecule has 1 saturated heterocycles. The number of carbonyl (C=O) groups excluding carboxylic acids is 1. The molecule has 1 aliphatic heterocycles. The Hall–Kier alpha value is -3.95. The second-order valence-electron chi connectivity index (χ2n) is 7.40. The van der Waals surface area contributed by atoms with Crippen molar-refractivity contribution in [2.45, 2.75) is 12.5 Å². The van der Waals surface area contributed by atoms with Crippen molar-refractivity contribution in [3.63, 3.8) is 0 Å². The zero-order valence-corrected chi connectivity index (χ0v) is 19.1. The number of hydrogen-bond acceptors (Lipinski definition) is 8.